The van der Waals surface area contributed by atoms with Gasteiger partial charge in [0.05, 0.1) is 5.02 Å². The van der Waals surface area contributed by atoms with Gasteiger partial charge in [0.25, 0.3) is 5.91 Å². The third-order valence-electron chi connectivity index (χ3n) is 3.10. The van der Waals surface area contributed by atoms with Gasteiger partial charge in [0.1, 0.15) is 5.75 Å². The lowest BCUT2D eigenvalue weighted by atomic mass is 10.2. The van der Waals surface area contributed by atoms with Crippen LogP contribution >= 0.6 is 11.6 Å². The van der Waals surface area contributed by atoms with Gasteiger partial charge >= 0.3 is 12.0 Å². The van der Waals surface area contributed by atoms with E-state index in [9.17, 15) is 14.4 Å². The molecule has 0 saturated carbocycles. The van der Waals surface area contributed by atoms with Crippen molar-refractivity contribution in [3.05, 3.63) is 65.2 Å². The van der Waals surface area contributed by atoms with Crippen molar-refractivity contribution >= 4 is 29.5 Å². The summed E-state index contributed by atoms with van der Waals surface area (Å²) in [6, 6.07) is 15.2. The van der Waals surface area contributed by atoms with Crippen molar-refractivity contribution in [3.8, 4) is 5.75 Å². The number of rotatable bonds is 7. The molecule has 0 heterocycles. The number of hydrogen-bond donors (Lipinski definition) is 2. The number of halogens is 1. The molecule has 2 rings (SSSR count). The molecule has 136 valence electrons. The number of esters is 1. The number of hydrogen-bond acceptors (Lipinski definition) is 5. The minimum atomic E-state index is -0.759. The first-order valence-electron chi connectivity index (χ1n) is 7.69. The summed E-state index contributed by atoms with van der Waals surface area (Å²) < 4.78 is 9.91. The lowest BCUT2D eigenvalue weighted by Crippen LogP contribution is -2.41. The quantitative estimate of drug-likeness (QED) is 0.723. The van der Waals surface area contributed by atoms with Crippen molar-refractivity contribution in [1.29, 1.82) is 0 Å². The molecule has 0 atom stereocenters. The van der Waals surface area contributed by atoms with E-state index in [1.54, 1.807) is 24.3 Å². The van der Waals surface area contributed by atoms with E-state index in [0.717, 1.165) is 5.56 Å². The van der Waals surface area contributed by atoms with Crippen LogP contribution in [0.1, 0.15) is 5.56 Å². The fourth-order valence-corrected chi connectivity index (χ4v) is 2.06. The van der Waals surface area contributed by atoms with E-state index in [0.29, 0.717) is 10.8 Å². The SMILES string of the molecule is O=C(COC(=O)COc1ccccc1Cl)NC(=O)NCc1ccccc1. The molecule has 0 aliphatic heterocycles. The zero-order valence-electron chi connectivity index (χ0n) is 13.7. The van der Waals surface area contributed by atoms with Gasteiger partial charge in [0, 0.05) is 6.54 Å². The van der Waals surface area contributed by atoms with Gasteiger partial charge in [-0.15, -0.1) is 0 Å². The third-order valence-corrected chi connectivity index (χ3v) is 3.41. The van der Waals surface area contributed by atoms with Gasteiger partial charge in [-0.2, -0.15) is 0 Å². The lowest BCUT2D eigenvalue weighted by Gasteiger charge is -2.09. The van der Waals surface area contributed by atoms with Crippen molar-refractivity contribution in [2.45, 2.75) is 6.54 Å². The predicted octanol–water partition coefficient (Wildman–Crippen LogP) is 2.29. The number of urea groups is 1. The van der Waals surface area contributed by atoms with Gasteiger partial charge in [0.2, 0.25) is 0 Å². The summed E-state index contributed by atoms with van der Waals surface area (Å²) in [4.78, 5) is 34.7. The largest absolute Gasteiger partial charge is 0.480 e. The van der Waals surface area contributed by atoms with Crippen LogP contribution in [0, 0.1) is 0 Å². The third kappa shape index (κ3) is 6.82. The van der Waals surface area contributed by atoms with Crippen LogP contribution in [0.4, 0.5) is 4.79 Å². The highest BCUT2D eigenvalue weighted by atomic mass is 35.5. The van der Waals surface area contributed by atoms with E-state index in [-0.39, 0.29) is 6.54 Å². The average Bonchev–Trinajstić information content (AvgIpc) is 2.65. The second-order valence-electron chi connectivity index (χ2n) is 5.10. The van der Waals surface area contributed by atoms with Crippen LogP contribution in [-0.4, -0.2) is 31.1 Å². The number of imide groups is 1. The summed E-state index contributed by atoms with van der Waals surface area (Å²) in [5.74, 6) is -1.18. The summed E-state index contributed by atoms with van der Waals surface area (Å²) in [7, 11) is 0. The normalized spacial score (nSPS) is 9.88. The zero-order valence-corrected chi connectivity index (χ0v) is 14.5. The van der Waals surface area contributed by atoms with Crippen LogP contribution in [-0.2, 0) is 20.9 Å². The molecular weight excluding hydrogens is 360 g/mol. The van der Waals surface area contributed by atoms with Crippen molar-refractivity contribution in [2.75, 3.05) is 13.2 Å². The molecule has 0 aliphatic rings. The second-order valence-corrected chi connectivity index (χ2v) is 5.50. The molecule has 26 heavy (non-hydrogen) atoms. The Hall–Kier alpha value is -3.06. The van der Waals surface area contributed by atoms with Crippen LogP contribution in [0.15, 0.2) is 54.6 Å². The Labute approximate surface area is 155 Å². The van der Waals surface area contributed by atoms with Gasteiger partial charge in [0.15, 0.2) is 13.2 Å². The molecule has 3 amide bonds. The highest BCUT2D eigenvalue weighted by molar-refractivity contribution is 6.32. The number of ether oxygens (including phenoxy) is 2. The van der Waals surface area contributed by atoms with Gasteiger partial charge < -0.3 is 14.8 Å². The van der Waals surface area contributed by atoms with E-state index in [2.05, 4.69) is 10.6 Å². The highest BCUT2D eigenvalue weighted by Gasteiger charge is 2.12. The Morgan fingerprint density at radius 1 is 0.923 bits per heavy atom. The molecule has 0 unspecified atom stereocenters. The Bertz CT molecular complexity index is 767. The van der Waals surface area contributed by atoms with Crippen LogP contribution in [0.3, 0.4) is 0 Å². The van der Waals surface area contributed by atoms with Crippen molar-refractivity contribution in [1.82, 2.24) is 10.6 Å². The molecule has 2 aromatic carbocycles. The van der Waals surface area contributed by atoms with E-state index >= 15 is 0 Å². The summed E-state index contributed by atoms with van der Waals surface area (Å²) in [5.41, 5.74) is 0.887. The number of carbonyl (C=O) groups is 3. The summed E-state index contributed by atoms with van der Waals surface area (Å²) in [5, 5.41) is 4.93. The smallest absolute Gasteiger partial charge is 0.344 e. The maximum absolute atomic E-state index is 11.6. The molecular formula is C18H17ClN2O5. The Balaban J connectivity index is 1.63. The molecule has 0 spiro atoms. The number of carbonyl (C=O) groups excluding carboxylic acids is 3. The first kappa shape index (κ1) is 19.3. The van der Waals surface area contributed by atoms with Gasteiger partial charge in [-0.3, -0.25) is 10.1 Å². The summed E-state index contributed by atoms with van der Waals surface area (Å²) >= 11 is 5.88. The molecule has 0 aliphatic carbocycles. The maximum atomic E-state index is 11.6. The molecule has 0 bridgehead atoms. The Morgan fingerprint density at radius 3 is 2.35 bits per heavy atom. The maximum Gasteiger partial charge on any atom is 0.344 e. The van der Waals surface area contributed by atoms with E-state index in [1.165, 1.54) is 0 Å². The molecule has 8 heteroatoms. The van der Waals surface area contributed by atoms with Crippen LogP contribution in [0.5, 0.6) is 5.75 Å². The fraction of sp³-hybridized carbons (Fsp3) is 0.167. The number of nitrogens with one attached hydrogen (secondary N) is 2. The second kappa shape index (κ2) is 10.0. The lowest BCUT2D eigenvalue weighted by molar-refractivity contribution is -0.150. The summed E-state index contributed by atoms with van der Waals surface area (Å²) in [6.45, 7) is -0.730. The molecule has 0 saturated heterocycles. The Morgan fingerprint density at radius 2 is 1.62 bits per heavy atom. The standard InChI is InChI=1S/C18H17ClN2O5/c19-14-8-4-5-9-15(14)25-12-17(23)26-11-16(22)21-18(24)20-10-13-6-2-1-3-7-13/h1-9H,10-12H2,(H2,20,21,22,24). The highest BCUT2D eigenvalue weighted by Crippen LogP contribution is 2.22. The zero-order chi connectivity index (χ0) is 18.8. The monoisotopic (exact) mass is 376 g/mol. The first-order valence-corrected chi connectivity index (χ1v) is 8.07. The van der Waals surface area contributed by atoms with Crippen LogP contribution < -0.4 is 15.4 Å². The van der Waals surface area contributed by atoms with E-state index in [4.69, 9.17) is 21.1 Å². The van der Waals surface area contributed by atoms with Crippen LogP contribution in [0.25, 0.3) is 0 Å². The number of benzene rings is 2. The van der Waals surface area contributed by atoms with Crippen molar-refractivity contribution in [3.63, 3.8) is 0 Å². The molecule has 0 fully saturated rings. The molecule has 0 radical (unpaired) electrons. The van der Waals surface area contributed by atoms with E-state index in [1.807, 2.05) is 30.3 Å². The Kier molecular flexibility index (Phi) is 7.45. The van der Waals surface area contributed by atoms with Gasteiger partial charge in [-0.1, -0.05) is 54.1 Å². The number of amides is 3. The van der Waals surface area contributed by atoms with E-state index < -0.39 is 31.1 Å². The predicted molar refractivity (Wildman–Crippen MR) is 94.7 cm³/mol. The number of para-hydroxylation sites is 1. The topological polar surface area (TPSA) is 93.7 Å². The molecule has 2 N–H and O–H groups in total. The van der Waals surface area contributed by atoms with Gasteiger partial charge in [-0.25, -0.2) is 9.59 Å². The molecule has 0 aromatic heterocycles. The average molecular weight is 377 g/mol. The summed E-state index contributed by atoms with van der Waals surface area (Å²) in [6.07, 6.45) is 0. The molecule has 7 nitrogen and oxygen atoms in total. The van der Waals surface area contributed by atoms with Crippen molar-refractivity contribution < 1.29 is 23.9 Å². The van der Waals surface area contributed by atoms with Gasteiger partial charge in [-0.05, 0) is 17.7 Å². The fourth-order valence-electron chi connectivity index (χ4n) is 1.87. The van der Waals surface area contributed by atoms with Crippen LogP contribution in [0.2, 0.25) is 5.02 Å². The molecule has 2 aromatic rings. The van der Waals surface area contributed by atoms with Crippen molar-refractivity contribution in [2.24, 2.45) is 0 Å². The minimum Gasteiger partial charge on any atom is -0.480 e. The first-order chi connectivity index (χ1) is 12.5. The minimum absolute atomic E-state index is 0.269.